The van der Waals surface area contributed by atoms with Gasteiger partial charge in [-0.15, -0.1) is 0 Å². The minimum atomic E-state index is -0.822. The average molecular weight is 424 g/mol. The summed E-state index contributed by atoms with van der Waals surface area (Å²) in [6, 6.07) is 6.16. The van der Waals surface area contributed by atoms with Crippen molar-refractivity contribution in [1.29, 1.82) is 0 Å². The summed E-state index contributed by atoms with van der Waals surface area (Å²) in [5, 5.41) is 12.6. The topological polar surface area (TPSA) is 98.7 Å². The maximum absolute atomic E-state index is 13.7. The van der Waals surface area contributed by atoms with E-state index >= 15 is 0 Å². The summed E-state index contributed by atoms with van der Waals surface area (Å²) >= 11 is 5.99. The van der Waals surface area contributed by atoms with Crippen LogP contribution in [-0.4, -0.2) is 46.5 Å². The molecule has 3 N–H and O–H groups in total. The number of amides is 3. The van der Waals surface area contributed by atoms with E-state index in [0.29, 0.717) is 30.0 Å². The summed E-state index contributed by atoms with van der Waals surface area (Å²) in [4.78, 5) is 40.3. The molecule has 8 heteroatoms. The number of halogens is 1. The largest absolute Gasteiger partial charge is 0.352 e. The van der Waals surface area contributed by atoms with Crippen LogP contribution in [0.3, 0.4) is 0 Å². The summed E-state index contributed by atoms with van der Waals surface area (Å²) in [5.74, 6) is -2.68. The average Bonchev–Trinajstić information content (AvgIpc) is 2.71. The number of nitrogens with zero attached hydrogens (tertiary/aromatic N) is 1. The van der Waals surface area contributed by atoms with Crippen molar-refractivity contribution < 1.29 is 19.6 Å². The fourth-order valence-corrected chi connectivity index (χ4v) is 4.03. The highest BCUT2D eigenvalue weighted by molar-refractivity contribution is 6.30. The van der Waals surface area contributed by atoms with Crippen molar-refractivity contribution in [1.82, 2.24) is 15.7 Å². The first-order valence-corrected chi connectivity index (χ1v) is 10.5. The highest BCUT2D eigenvalue weighted by atomic mass is 35.5. The molecule has 7 nitrogen and oxygen atoms in total. The molecule has 1 aromatic carbocycles. The number of piperidine rings is 1. The van der Waals surface area contributed by atoms with E-state index in [1.165, 1.54) is 0 Å². The van der Waals surface area contributed by atoms with Gasteiger partial charge in [-0.05, 0) is 57.2 Å². The highest BCUT2D eigenvalue weighted by Gasteiger charge is 2.41. The second-order valence-electron chi connectivity index (χ2n) is 7.73. The maximum atomic E-state index is 13.7. The van der Waals surface area contributed by atoms with E-state index in [-0.39, 0.29) is 17.9 Å². The van der Waals surface area contributed by atoms with Gasteiger partial charge in [0.25, 0.3) is 0 Å². The van der Waals surface area contributed by atoms with Crippen LogP contribution in [0.15, 0.2) is 24.3 Å². The Bertz CT molecular complexity index is 723. The molecule has 1 saturated heterocycles. The van der Waals surface area contributed by atoms with Crippen molar-refractivity contribution in [3.8, 4) is 0 Å². The van der Waals surface area contributed by atoms with Crippen LogP contribution in [0.2, 0.25) is 5.02 Å². The molecule has 1 heterocycles. The number of carbonyl (C=O) groups excluding carboxylic acids is 3. The lowest BCUT2D eigenvalue weighted by Crippen LogP contribution is -2.55. The molecule has 0 spiro atoms. The number of benzene rings is 1. The molecule has 1 aliphatic rings. The van der Waals surface area contributed by atoms with Gasteiger partial charge in [0.1, 0.15) is 6.04 Å². The predicted octanol–water partition coefficient (Wildman–Crippen LogP) is 2.86. The Kier molecular flexibility index (Phi) is 8.46. The van der Waals surface area contributed by atoms with Crippen LogP contribution < -0.4 is 10.8 Å². The van der Waals surface area contributed by atoms with E-state index in [4.69, 9.17) is 11.6 Å². The summed E-state index contributed by atoms with van der Waals surface area (Å²) in [5.41, 5.74) is 2.31. The maximum Gasteiger partial charge on any atom is 0.247 e. The van der Waals surface area contributed by atoms with Gasteiger partial charge in [0, 0.05) is 17.6 Å². The molecule has 29 heavy (non-hydrogen) atoms. The quantitative estimate of drug-likeness (QED) is 0.464. The fraction of sp³-hybridized carbons (Fsp3) is 0.571. The minimum absolute atomic E-state index is 0.0306. The molecular weight excluding hydrogens is 394 g/mol. The Morgan fingerprint density at radius 2 is 1.86 bits per heavy atom. The smallest absolute Gasteiger partial charge is 0.247 e. The molecule has 3 unspecified atom stereocenters. The third-order valence-corrected chi connectivity index (χ3v) is 5.56. The molecule has 3 amide bonds. The number of hydroxylamine groups is 1. The lowest BCUT2D eigenvalue weighted by Gasteiger charge is -2.38. The molecule has 0 saturated carbocycles. The van der Waals surface area contributed by atoms with Crippen LogP contribution in [0.4, 0.5) is 0 Å². The second kappa shape index (κ2) is 10.6. The number of rotatable bonds is 7. The summed E-state index contributed by atoms with van der Waals surface area (Å²) < 4.78 is 0. The van der Waals surface area contributed by atoms with E-state index in [1.54, 1.807) is 41.6 Å². The molecule has 2 rings (SSSR count). The number of likely N-dealkylation sites (tertiary alicyclic amines) is 1. The highest BCUT2D eigenvalue weighted by Crippen LogP contribution is 2.33. The number of hydrogen-bond donors (Lipinski definition) is 3. The number of hydrogen-bond acceptors (Lipinski definition) is 4. The van der Waals surface area contributed by atoms with Gasteiger partial charge in [-0.25, -0.2) is 5.48 Å². The summed E-state index contributed by atoms with van der Waals surface area (Å²) in [6.07, 6.45) is 2.59. The van der Waals surface area contributed by atoms with Crippen LogP contribution in [-0.2, 0) is 14.4 Å². The fourth-order valence-electron chi connectivity index (χ4n) is 3.90. The normalized spacial score (nSPS) is 18.8. The van der Waals surface area contributed by atoms with Gasteiger partial charge in [0.2, 0.25) is 17.7 Å². The molecule has 1 aliphatic heterocycles. The van der Waals surface area contributed by atoms with E-state index in [2.05, 4.69) is 5.32 Å². The Hall–Kier alpha value is -2.12. The van der Waals surface area contributed by atoms with Gasteiger partial charge in [-0.1, -0.05) is 30.7 Å². The third-order valence-electron chi connectivity index (χ3n) is 5.30. The van der Waals surface area contributed by atoms with Crippen LogP contribution in [0, 0.1) is 5.92 Å². The molecule has 1 fully saturated rings. The molecule has 0 aromatic heterocycles. The van der Waals surface area contributed by atoms with Gasteiger partial charge in [-0.2, -0.15) is 0 Å². The lowest BCUT2D eigenvalue weighted by atomic mass is 9.81. The van der Waals surface area contributed by atoms with E-state index < -0.39 is 23.8 Å². The summed E-state index contributed by atoms with van der Waals surface area (Å²) in [7, 11) is 0. The van der Waals surface area contributed by atoms with Crippen molar-refractivity contribution in [2.24, 2.45) is 5.92 Å². The van der Waals surface area contributed by atoms with Crippen LogP contribution in [0.25, 0.3) is 0 Å². The minimum Gasteiger partial charge on any atom is -0.352 e. The zero-order chi connectivity index (χ0) is 21.6. The van der Waals surface area contributed by atoms with Crippen LogP contribution in [0.1, 0.15) is 57.9 Å². The van der Waals surface area contributed by atoms with Gasteiger partial charge in [0.15, 0.2) is 0 Å². The van der Waals surface area contributed by atoms with E-state index in [0.717, 1.165) is 12.8 Å². The first-order chi connectivity index (χ1) is 13.8. The molecule has 0 aliphatic carbocycles. The van der Waals surface area contributed by atoms with E-state index in [9.17, 15) is 19.6 Å². The van der Waals surface area contributed by atoms with Crippen molar-refractivity contribution in [2.45, 2.75) is 64.5 Å². The zero-order valence-electron chi connectivity index (χ0n) is 17.2. The standard InChI is InChI=1S/C21H30ClN3O4/c1-4-16(19(26)24-29)18(14-8-10-15(22)11-9-14)21(28)25-12-6-5-7-17(25)20(27)23-13(2)3/h8-11,13,16-18,29H,4-7,12H2,1-3H3,(H,23,27)(H,24,26). The Balaban J connectivity index is 2.42. The van der Waals surface area contributed by atoms with Crippen molar-refractivity contribution in [3.05, 3.63) is 34.9 Å². The van der Waals surface area contributed by atoms with Gasteiger partial charge >= 0.3 is 0 Å². The van der Waals surface area contributed by atoms with Gasteiger partial charge in [-0.3, -0.25) is 19.6 Å². The van der Waals surface area contributed by atoms with Crippen molar-refractivity contribution in [3.63, 3.8) is 0 Å². The predicted molar refractivity (Wildman–Crippen MR) is 111 cm³/mol. The monoisotopic (exact) mass is 423 g/mol. The van der Waals surface area contributed by atoms with Crippen molar-refractivity contribution in [2.75, 3.05) is 6.54 Å². The Morgan fingerprint density at radius 3 is 2.41 bits per heavy atom. The lowest BCUT2D eigenvalue weighted by molar-refractivity contribution is -0.147. The van der Waals surface area contributed by atoms with Crippen LogP contribution in [0.5, 0.6) is 0 Å². The SMILES string of the molecule is CCC(C(=O)NO)C(C(=O)N1CCCCC1C(=O)NC(C)C)c1ccc(Cl)cc1. The molecule has 0 bridgehead atoms. The van der Waals surface area contributed by atoms with Crippen LogP contribution >= 0.6 is 11.6 Å². The first kappa shape index (κ1) is 23.2. The van der Waals surface area contributed by atoms with Gasteiger partial charge in [0.05, 0.1) is 11.8 Å². The van der Waals surface area contributed by atoms with E-state index in [1.807, 2.05) is 13.8 Å². The molecule has 1 aromatic rings. The molecule has 0 radical (unpaired) electrons. The second-order valence-corrected chi connectivity index (χ2v) is 8.16. The third kappa shape index (κ3) is 5.70. The number of carbonyl (C=O) groups is 3. The molecular formula is C21H30ClN3O4. The Morgan fingerprint density at radius 1 is 1.21 bits per heavy atom. The van der Waals surface area contributed by atoms with Gasteiger partial charge < -0.3 is 10.2 Å². The zero-order valence-corrected chi connectivity index (χ0v) is 17.9. The summed E-state index contributed by atoms with van der Waals surface area (Å²) in [6.45, 7) is 6.00. The number of nitrogens with one attached hydrogen (secondary N) is 2. The molecule has 160 valence electrons. The van der Waals surface area contributed by atoms with Crippen molar-refractivity contribution >= 4 is 29.3 Å². The molecule has 3 atom stereocenters. The Labute approximate surface area is 176 Å². The first-order valence-electron chi connectivity index (χ1n) is 10.1.